The van der Waals surface area contributed by atoms with E-state index in [1.807, 2.05) is 35.8 Å². The van der Waals surface area contributed by atoms with E-state index in [9.17, 15) is 13.6 Å². The molecule has 0 aliphatic rings. The number of ether oxygens (including phenoxy) is 1. The van der Waals surface area contributed by atoms with Crippen molar-refractivity contribution in [2.24, 2.45) is 0 Å². The summed E-state index contributed by atoms with van der Waals surface area (Å²) in [6.07, 6.45) is 0. The first-order chi connectivity index (χ1) is 13.5. The van der Waals surface area contributed by atoms with Gasteiger partial charge >= 0.3 is 0 Å². The molecule has 0 fully saturated rings. The van der Waals surface area contributed by atoms with Gasteiger partial charge in [0, 0.05) is 23.9 Å². The molecule has 0 radical (unpaired) electrons. The predicted octanol–water partition coefficient (Wildman–Crippen LogP) is 3.98. The number of rotatable bonds is 7. The van der Waals surface area contributed by atoms with Crippen molar-refractivity contribution in [1.82, 2.24) is 14.8 Å². The number of hydrogen-bond acceptors (Lipinski definition) is 5. The van der Waals surface area contributed by atoms with E-state index in [0.29, 0.717) is 23.3 Å². The predicted molar refractivity (Wildman–Crippen MR) is 103 cm³/mol. The quantitative estimate of drug-likeness (QED) is 0.603. The molecule has 6 nitrogen and oxygen atoms in total. The molecule has 146 valence electrons. The summed E-state index contributed by atoms with van der Waals surface area (Å²) in [6.45, 7) is 2.57. The van der Waals surface area contributed by atoms with Crippen LogP contribution in [-0.2, 0) is 11.3 Å². The lowest BCUT2D eigenvalue weighted by Crippen LogP contribution is -2.15. The Morgan fingerprint density at radius 1 is 1.18 bits per heavy atom. The smallest absolute Gasteiger partial charge is 0.234 e. The number of thioether (sulfide) groups is 1. The van der Waals surface area contributed by atoms with Gasteiger partial charge in [-0.1, -0.05) is 23.9 Å². The van der Waals surface area contributed by atoms with Crippen molar-refractivity contribution >= 4 is 23.4 Å². The van der Waals surface area contributed by atoms with Gasteiger partial charge in [0.2, 0.25) is 5.91 Å². The number of aromatic nitrogens is 3. The molecule has 0 atom stereocenters. The molecule has 0 saturated heterocycles. The number of carbonyl (C=O) groups excluding carboxylic acids is 1. The molecular formula is C19H18F2N4O2S. The van der Waals surface area contributed by atoms with Gasteiger partial charge in [-0.2, -0.15) is 0 Å². The maximum atomic E-state index is 13.2. The Kier molecular flexibility index (Phi) is 6.25. The van der Waals surface area contributed by atoms with Crippen molar-refractivity contribution in [3.63, 3.8) is 0 Å². The number of amides is 1. The van der Waals surface area contributed by atoms with Crippen LogP contribution in [0.1, 0.15) is 6.92 Å². The maximum Gasteiger partial charge on any atom is 0.234 e. The van der Waals surface area contributed by atoms with Crippen LogP contribution in [0.15, 0.2) is 47.6 Å². The summed E-state index contributed by atoms with van der Waals surface area (Å²) in [5, 5.41) is 11.5. The molecule has 0 aliphatic carbocycles. The third-order valence-corrected chi connectivity index (χ3v) is 4.86. The summed E-state index contributed by atoms with van der Waals surface area (Å²) in [5.41, 5.74) is 1.05. The van der Waals surface area contributed by atoms with E-state index in [-0.39, 0.29) is 17.3 Å². The summed E-state index contributed by atoms with van der Waals surface area (Å²) in [7, 11) is 1.59. The summed E-state index contributed by atoms with van der Waals surface area (Å²) >= 11 is 1.21. The number of benzene rings is 2. The summed E-state index contributed by atoms with van der Waals surface area (Å²) < 4.78 is 33.3. The van der Waals surface area contributed by atoms with Crippen LogP contribution in [0.4, 0.5) is 14.5 Å². The van der Waals surface area contributed by atoms with Crippen LogP contribution < -0.4 is 10.1 Å². The van der Waals surface area contributed by atoms with E-state index in [0.717, 1.165) is 17.7 Å². The molecule has 2 aromatic carbocycles. The van der Waals surface area contributed by atoms with Crippen LogP contribution in [-0.4, -0.2) is 33.5 Å². The monoisotopic (exact) mass is 404 g/mol. The number of halogens is 2. The fraction of sp³-hybridized carbons (Fsp3) is 0.211. The van der Waals surface area contributed by atoms with Gasteiger partial charge in [0.1, 0.15) is 5.75 Å². The Morgan fingerprint density at radius 2 is 2.00 bits per heavy atom. The van der Waals surface area contributed by atoms with Gasteiger partial charge in [-0.15, -0.1) is 10.2 Å². The molecular weight excluding hydrogens is 386 g/mol. The summed E-state index contributed by atoms with van der Waals surface area (Å²) in [5.74, 6) is -0.903. The molecule has 0 aliphatic heterocycles. The summed E-state index contributed by atoms with van der Waals surface area (Å²) in [6, 6.07) is 10.7. The molecule has 9 heteroatoms. The SMILES string of the molecule is CCn1c(SCC(=O)Nc2ccc(F)c(F)c2)nnc1-c1cccc(OC)c1. The summed E-state index contributed by atoms with van der Waals surface area (Å²) in [4.78, 5) is 12.1. The van der Waals surface area contributed by atoms with E-state index in [1.54, 1.807) is 7.11 Å². The van der Waals surface area contributed by atoms with Crippen molar-refractivity contribution in [2.75, 3.05) is 18.2 Å². The van der Waals surface area contributed by atoms with Crippen molar-refractivity contribution in [3.8, 4) is 17.1 Å². The highest BCUT2D eigenvalue weighted by atomic mass is 32.2. The van der Waals surface area contributed by atoms with Gasteiger partial charge in [-0.05, 0) is 31.2 Å². The highest BCUT2D eigenvalue weighted by Crippen LogP contribution is 2.26. The molecule has 3 aromatic rings. The highest BCUT2D eigenvalue weighted by molar-refractivity contribution is 7.99. The molecule has 3 rings (SSSR count). The molecule has 0 saturated carbocycles. The van der Waals surface area contributed by atoms with E-state index in [4.69, 9.17) is 4.74 Å². The van der Waals surface area contributed by atoms with Gasteiger partial charge in [-0.3, -0.25) is 4.79 Å². The molecule has 28 heavy (non-hydrogen) atoms. The Morgan fingerprint density at radius 3 is 2.71 bits per heavy atom. The number of nitrogens with one attached hydrogen (secondary N) is 1. The minimum Gasteiger partial charge on any atom is -0.497 e. The largest absolute Gasteiger partial charge is 0.497 e. The second kappa shape index (κ2) is 8.83. The Labute approximate surface area is 164 Å². The van der Waals surface area contributed by atoms with E-state index in [1.165, 1.54) is 17.8 Å². The van der Waals surface area contributed by atoms with Crippen LogP contribution in [0.3, 0.4) is 0 Å². The standard InChI is InChI=1S/C19H18F2N4O2S/c1-3-25-18(12-5-4-6-14(9-12)27-2)23-24-19(25)28-11-17(26)22-13-7-8-15(20)16(21)10-13/h4-10H,3,11H2,1-2H3,(H,22,26). The fourth-order valence-electron chi connectivity index (χ4n) is 2.56. The molecule has 1 aromatic heterocycles. The number of carbonyl (C=O) groups is 1. The topological polar surface area (TPSA) is 69.0 Å². The van der Waals surface area contributed by atoms with Crippen LogP contribution >= 0.6 is 11.8 Å². The first-order valence-electron chi connectivity index (χ1n) is 8.47. The van der Waals surface area contributed by atoms with Gasteiger partial charge in [0.05, 0.1) is 12.9 Å². The van der Waals surface area contributed by atoms with Crippen molar-refractivity contribution in [3.05, 3.63) is 54.1 Å². The van der Waals surface area contributed by atoms with Crippen LogP contribution in [0.5, 0.6) is 5.75 Å². The van der Waals surface area contributed by atoms with E-state index in [2.05, 4.69) is 15.5 Å². The average molecular weight is 404 g/mol. The van der Waals surface area contributed by atoms with Crippen molar-refractivity contribution in [2.45, 2.75) is 18.6 Å². The van der Waals surface area contributed by atoms with Crippen LogP contribution in [0, 0.1) is 11.6 Å². The third kappa shape index (κ3) is 4.48. The average Bonchev–Trinajstić information content (AvgIpc) is 3.12. The lowest BCUT2D eigenvalue weighted by Gasteiger charge is -2.09. The second-order valence-corrected chi connectivity index (χ2v) is 6.69. The second-order valence-electron chi connectivity index (χ2n) is 5.75. The Bertz CT molecular complexity index is 994. The van der Waals surface area contributed by atoms with Crippen LogP contribution in [0.2, 0.25) is 0 Å². The minimum absolute atomic E-state index is 0.0508. The first kappa shape index (κ1) is 19.8. The molecule has 0 bridgehead atoms. The van der Waals surface area contributed by atoms with Crippen molar-refractivity contribution in [1.29, 1.82) is 0 Å². The number of methoxy groups -OCH3 is 1. The van der Waals surface area contributed by atoms with Gasteiger partial charge in [0.15, 0.2) is 22.6 Å². The molecule has 1 amide bonds. The zero-order chi connectivity index (χ0) is 20.1. The zero-order valence-electron chi connectivity index (χ0n) is 15.3. The molecule has 1 N–H and O–H groups in total. The lowest BCUT2D eigenvalue weighted by molar-refractivity contribution is -0.113. The van der Waals surface area contributed by atoms with E-state index >= 15 is 0 Å². The number of anilines is 1. The number of nitrogens with zero attached hydrogens (tertiary/aromatic N) is 3. The number of hydrogen-bond donors (Lipinski definition) is 1. The molecule has 1 heterocycles. The lowest BCUT2D eigenvalue weighted by atomic mass is 10.2. The van der Waals surface area contributed by atoms with E-state index < -0.39 is 11.6 Å². The maximum absolute atomic E-state index is 13.2. The third-order valence-electron chi connectivity index (χ3n) is 3.90. The Balaban J connectivity index is 1.69. The van der Waals surface area contributed by atoms with Crippen molar-refractivity contribution < 1.29 is 18.3 Å². The zero-order valence-corrected chi connectivity index (χ0v) is 16.1. The molecule has 0 unspecified atom stereocenters. The first-order valence-corrected chi connectivity index (χ1v) is 9.45. The molecule has 0 spiro atoms. The minimum atomic E-state index is -1.01. The normalized spacial score (nSPS) is 10.7. The van der Waals surface area contributed by atoms with Gasteiger partial charge in [-0.25, -0.2) is 8.78 Å². The fourth-order valence-corrected chi connectivity index (χ4v) is 3.36. The van der Waals surface area contributed by atoms with Crippen LogP contribution in [0.25, 0.3) is 11.4 Å². The Hall–Kier alpha value is -2.94. The highest BCUT2D eigenvalue weighted by Gasteiger charge is 2.15. The van der Waals surface area contributed by atoms with Gasteiger partial charge in [0.25, 0.3) is 0 Å². The van der Waals surface area contributed by atoms with Gasteiger partial charge < -0.3 is 14.6 Å².